The number of carbonyl (C=O) groups excluding carboxylic acids is 1. The number of carbonyl (C=O) groups is 2. The fourth-order valence-corrected chi connectivity index (χ4v) is 2.75. The van der Waals surface area contributed by atoms with Crippen LogP contribution in [-0.4, -0.2) is 41.8 Å². The molecule has 1 aliphatic rings. The molecule has 2 N–H and O–H groups in total. The molecule has 0 spiro atoms. The number of carboxylic acid groups (broad SMARTS) is 1. The predicted molar refractivity (Wildman–Crippen MR) is 89.2 cm³/mol. The molecule has 1 heterocycles. The highest BCUT2D eigenvalue weighted by molar-refractivity contribution is 5.82. The van der Waals surface area contributed by atoms with Gasteiger partial charge in [-0.1, -0.05) is 26.0 Å². The van der Waals surface area contributed by atoms with Crippen molar-refractivity contribution in [3.8, 4) is 5.75 Å². The van der Waals surface area contributed by atoms with Crippen LogP contribution >= 0.6 is 0 Å². The van der Waals surface area contributed by atoms with E-state index in [1.165, 1.54) is 0 Å². The molecule has 0 radical (unpaired) electrons. The molecule has 1 aromatic carbocycles. The summed E-state index contributed by atoms with van der Waals surface area (Å²) in [5.41, 5.74) is 0.284. The number of hydrogen-bond donors (Lipinski definition) is 2. The summed E-state index contributed by atoms with van der Waals surface area (Å²) >= 11 is 0. The highest BCUT2D eigenvalue weighted by Crippen LogP contribution is 2.24. The molecule has 2 unspecified atom stereocenters. The van der Waals surface area contributed by atoms with Gasteiger partial charge in [-0.3, -0.25) is 9.59 Å². The van der Waals surface area contributed by atoms with Gasteiger partial charge in [-0.25, -0.2) is 0 Å². The van der Waals surface area contributed by atoms with Crippen molar-refractivity contribution >= 4 is 11.9 Å². The summed E-state index contributed by atoms with van der Waals surface area (Å²) < 4.78 is 11.0. The van der Waals surface area contributed by atoms with Crippen LogP contribution in [0.15, 0.2) is 24.3 Å². The first-order valence-corrected chi connectivity index (χ1v) is 8.19. The first-order chi connectivity index (χ1) is 11.3. The molecule has 1 saturated heterocycles. The molecule has 2 atom stereocenters. The lowest BCUT2D eigenvalue weighted by atomic mass is 9.94. The average Bonchev–Trinajstić information content (AvgIpc) is 2.94. The number of amides is 1. The van der Waals surface area contributed by atoms with E-state index in [4.69, 9.17) is 14.6 Å². The molecule has 132 valence electrons. The third-order valence-corrected chi connectivity index (χ3v) is 4.19. The lowest BCUT2D eigenvalue weighted by Gasteiger charge is -2.28. The zero-order valence-electron chi connectivity index (χ0n) is 14.4. The second-order valence-electron chi connectivity index (χ2n) is 6.63. The van der Waals surface area contributed by atoms with Crippen LogP contribution in [0.1, 0.15) is 45.1 Å². The van der Waals surface area contributed by atoms with Gasteiger partial charge in [0.2, 0.25) is 0 Å². The number of aliphatic carboxylic acids is 1. The van der Waals surface area contributed by atoms with E-state index in [-0.39, 0.29) is 18.9 Å². The second-order valence-corrected chi connectivity index (χ2v) is 6.63. The van der Waals surface area contributed by atoms with E-state index in [0.29, 0.717) is 24.7 Å². The molecule has 6 nitrogen and oxygen atoms in total. The average molecular weight is 335 g/mol. The molecule has 6 heteroatoms. The normalized spacial score (nSPS) is 21.5. The molecule has 0 aliphatic carbocycles. The molecule has 1 aliphatic heterocycles. The van der Waals surface area contributed by atoms with E-state index in [0.717, 1.165) is 5.56 Å². The van der Waals surface area contributed by atoms with Crippen molar-refractivity contribution in [2.45, 2.75) is 51.2 Å². The Morgan fingerprint density at radius 1 is 1.38 bits per heavy atom. The molecule has 0 bridgehead atoms. The minimum atomic E-state index is -0.959. The van der Waals surface area contributed by atoms with E-state index in [9.17, 15) is 9.59 Å². The van der Waals surface area contributed by atoms with Gasteiger partial charge in [0.15, 0.2) is 6.10 Å². The highest BCUT2D eigenvalue weighted by atomic mass is 16.5. The van der Waals surface area contributed by atoms with Crippen molar-refractivity contribution in [1.29, 1.82) is 0 Å². The number of benzene rings is 1. The third-order valence-electron chi connectivity index (χ3n) is 4.19. The maximum Gasteiger partial charge on any atom is 0.305 e. The summed E-state index contributed by atoms with van der Waals surface area (Å²) in [5.74, 6) is -0.304. The zero-order chi connectivity index (χ0) is 17.7. The molecule has 2 rings (SSSR count). The van der Waals surface area contributed by atoms with Gasteiger partial charge in [0.1, 0.15) is 5.75 Å². The standard InChI is InChI=1S/C18H25NO5/c1-12(2)14-5-4-6-15(9-14)24-13(3)17(22)19-18(10-16(20)21)7-8-23-11-18/h4-6,9,12-13H,7-8,10-11H2,1-3H3,(H,19,22)(H,20,21). The van der Waals surface area contributed by atoms with Crippen LogP contribution in [0.3, 0.4) is 0 Å². The lowest BCUT2D eigenvalue weighted by molar-refractivity contribution is -0.139. The van der Waals surface area contributed by atoms with Gasteiger partial charge in [0, 0.05) is 6.61 Å². The van der Waals surface area contributed by atoms with Crippen LogP contribution in [0.4, 0.5) is 0 Å². The Kier molecular flexibility index (Phi) is 5.83. The molecule has 1 fully saturated rings. The lowest BCUT2D eigenvalue weighted by Crippen LogP contribution is -2.53. The summed E-state index contributed by atoms with van der Waals surface area (Å²) in [7, 11) is 0. The maximum atomic E-state index is 12.4. The predicted octanol–water partition coefficient (Wildman–Crippen LogP) is 2.33. The molecule has 0 aromatic heterocycles. The number of hydrogen-bond acceptors (Lipinski definition) is 4. The fraction of sp³-hybridized carbons (Fsp3) is 0.556. The summed E-state index contributed by atoms with van der Waals surface area (Å²) in [5, 5.41) is 11.9. The highest BCUT2D eigenvalue weighted by Gasteiger charge is 2.39. The smallest absolute Gasteiger partial charge is 0.305 e. The van der Waals surface area contributed by atoms with Crippen molar-refractivity contribution < 1.29 is 24.2 Å². The van der Waals surface area contributed by atoms with E-state index < -0.39 is 17.6 Å². The van der Waals surface area contributed by atoms with Crippen LogP contribution in [-0.2, 0) is 14.3 Å². The zero-order valence-corrected chi connectivity index (χ0v) is 14.4. The first kappa shape index (κ1) is 18.3. The Morgan fingerprint density at radius 2 is 2.12 bits per heavy atom. The van der Waals surface area contributed by atoms with Crippen molar-refractivity contribution in [3.63, 3.8) is 0 Å². The Bertz CT molecular complexity index is 593. The van der Waals surface area contributed by atoms with Crippen LogP contribution < -0.4 is 10.1 Å². The third kappa shape index (κ3) is 4.71. The topological polar surface area (TPSA) is 84.9 Å². The quantitative estimate of drug-likeness (QED) is 0.799. The Hall–Kier alpha value is -2.08. The second kappa shape index (κ2) is 7.66. The van der Waals surface area contributed by atoms with Crippen molar-refractivity contribution in [3.05, 3.63) is 29.8 Å². The molecular weight excluding hydrogens is 310 g/mol. The summed E-state index contributed by atoms with van der Waals surface area (Å²) in [6.07, 6.45) is -0.395. The van der Waals surface area contributed by atoms with Gasteiger partial charge in [0.05, 0.1) is 18.6 Å². The molecule has 24 heavy (non-hydrogen) atoms. The Morgan fingerprint density at radius 3 is 2.71 bits per heavy atom. The van der Waals surface area contributed by atoms with Gasteiger partial charge in [0.25, 0.3) is 5.91 Å². The fourth-order valence-electron chi connectivity index (χ4n) is 2.75. The molecule has 0 saturated carbocycles. The SMILES string of the molecule is CC(Oc1cccc(C(C)C)c1)C(=O)NC1(CC(=O)O)CCOC1. The van der Waals surface area contributed by atoms with Crippen molar-refractivity contribution in [1.82, 2.24) is 5.32 Å². The van der Waals surface area contributed by atoms with E-state index in [1.807, 2.05) is 18.2 Å². The van der Waals surface area contributed by atoms with Gasteiger partial charge in [-0.2, -0.15) is 0 Å². The van der Waals surface area contributed by atoms with Crippen molar-refractivity contribution in [2.75, 3.05) is 13.2 Å². The minimum absolute atomic E-state index is 0.158. The van der Waals surface area contributed by atoms with Crippen LogP contribution in [0.5, 0.6) is 5.75 Å². The maximum absolute atomic E-state index is 12.4. The number of nitrogens with one attached hydrogen (secondary N) is 1. The van der Waals surface area contributed by atoms with Gasteiger partial charge in [-0.15, -0.1) is 0 Å². The van der Waals surface area contributed by atoms with Crippen LogP contribution in [0.2, 0.25) is 0 Å². The monoisotopic (exact) mass is 335 g/mol. The van der Waals surface area contributed by atoms with E-state index in [2.05, 4.69) is 19.2 Å². The van der Waals surface area contributed by atoms with Crippen LogP contribution in [0.25, 0.3) is 0 Å². The summed E-state index contributed by atoms with van der Waals surface area (Å²) in [4.78, 5) is 23.5. The summed E-state index contributed by atoms with van der Waals surface area (Å²) in [6, 6.07) is 7.63. The minimum Gasteiger partial charge on any atom is -0.481 e. The number of carboxylic acids is 1. The largest absolute Gasteiger partial charge is 0.481 e. The summed E-state index contributed by atoms with van der Waals surface area (Å²) in [6.45, 7) is 6.48. The van der Waals surface area contributed by atoms with Gasteiger partial charge in [-0.05, 0) is 37.0 Å². The van der Waals surface area contributed by atoms with E-state index in [1.54, 1.807) is 13.0 Å². The van der Waals surface area contributed by atoms with Gasteiger partial charge < -0.3 is 19.9 Å². The molecule has 1 amide bonds. The molecular formula is C18H25NO5. The first-order valence-electron chi connectivity index (χ1n) is 8.19. The Balaban J connectivity index is 2.01. The van der Waals surface area contributed by atoms with Gasteiger partial charge >= 0.3 is 5.97 Å². The number of rotatable bonds is 7. The number of ether oxygens (including phenoxy) is 2. The van der Waals surface area contributed by atoms with Crippen LogP contribution in [0, 0.1) is 0 Å². The van der Waals surface area contributed by atoms with Crippen molar-refractivity contribution in [2.24, 2.45) is 0 Å². The molecule has 1 aromatic rings. The Labute approximate surface area is 142 Å². The van der Waals surface area contributed by atoms with E-state index >= 15 is 0 Å².